The van der Waals surface area contributed by atoms with Crippen LogP contribution in [0.25, 0.3) is 0 Å². The first-order valence-corrected chi connectivity index (χ1v) is 8.51. The second-order valence-corrected chi connectivity index (χ2v) is 7.14. The van der Waals surface area contributed by atoms with E-state index in [9.17, 15) is 0 Å². The Bertz CT molecular complexity index is 568. The van der Waals surface area contributed by atoms with Crippen molar-refractivity contribution in [3.8, 4) is 0 Å². The van der Waals surface area contributed by atoms with Crippen molar-refractivity contribution in [2.45, 2.75) is 59.3 Å². The van der Waals surface area contributed by atoms with E-state index in [1.807, 2.05) is 27.0 Å². The molecule has 3 N–H and O–H groups in total. The van der Waals surface area contributed by atoms with Gasteiger partial charge in [0.05, 0.1) is 25.5 Å². The Morgan fingerprint density at radius 2 is 2.29 bits per heavy atom. The van der Waals surface area contributed by atoms with Crippen molar-refractivity contribution in [1.29, 1.82) is 5.41 Å². The summed E-state index contributed by atoms with van der Waals surface area (Å²) >= 11 is 0. The molecule has 0 saturated carbocycles. The molecule has 134 valence electrons. The van der Waals surface area contributed by atoms with Crippen molar-refractivity contribution in [2.24, 2.45) is 16.1 Å². The van der Waals surface area contributed by atoms with Gasteiger partial charge >= 0.3 is 0 Å². The predicted molar refractivity (Wildman–Crippen MR) is 94.9 cm³/mol. The van der Waals surface area contributed by atoms with Gasteiger partial charge in [-0.05, 0) is 24.7 Å². The van der Waals surface area contributed by atoms with Crippen LogP contribution in [0.2, 0.25) is 0 Å². The molecule has 0 amide bonds. The smallest absolute Gasteiger partial charge is 0.157 e. The lowest BCUT2D eigenvalue weighted by molar-refractivity contribution is -0.163. The highest BCUT2D eigenvalue weighted by Crippen LogP contribution is 2.18. The SMILES string of the molecule is CC(C)(C)C(=N)CC(N)=Nc1cnn(CCOC2CCCCO2)c1. The van der Waals surface area contributed by atoms with E-state index in [0.29, 0.717) is 36.8 Å². The van der Waals surface area contributed by atoms with Gasteiger partial charge in [-0.15, -0.1) is 0 Å². The van der Waals surface area contributed by atoms with Crippen molar-refractivity contribution < 1.29 is 9.47 Å². The third kappa shape index (κ3) is 6.05. The number of hydrogen-bond acceptors (Lipinski definition) is 5. The molecule has 0 bridgehead atoms. The molecular weight excluding hydrogens is 306 g/mol. The summed E-state index contributed by atoms with van der Waals surface area (Å²) in [4.78, 5) is 4.34. The minimum atomic E-state index is -0.192. The molecule has 0 aliphatic carbocycles. The van der Waals surface area contributed by atoms with Crippen LogP contribution in [0, 0.1) is 10.8 Å². The molecule has 2 rings (SSSR count). The third-order valence-corrected chi connectivity index (χ3v) is 3.92. The van der Waals surface area contributed by atoms with Gasteiger partial charge in [0.1, 0.15) is 11.5 Å². The van der Waals surface area contributed by atoms with E-state index in [2.05, 4.69) is 10.1 Å². The fraction of sp³-hybridized carbons (Fsp3) is 0.706. The Hall–Kier alpha value is -1.73. The quantitative estimate of drug-likeness (QED) is 0.591. The van der Waals surface area contributed by atoms with Gasteiger partial charge in [-0.1, -0.05) is 20.8 Å². The van der Waals surface area contributed by atoms with Crippen LogP contribution in [0.1, 0.15) is 46.5 Å². The number of aromatic nitrogens is 2. The second kappa shape index (κ2) is 8.39. The maximum Gasteiger partial charge on any atom is 0.157 e. The summed E-state index contributed by atoms with van der Waals surface area (Å²) in [5.41, 5.74) is 7.01. The molecule has 7 heteroatoms. The van der Waals surface area contributed by atoms with Crippen LogP contribution >= 0.6 is 0 Å². The molecule has 1 aromatic heterocycles. The fourth-order valence-electron chi connectivity index (χ4n) is 2.30. The number of nitrogens with one attached hydrogen (secondary N) is 1. The zero-order chi connectivity index (χ0) is 17.6. The van der Waals surface area contributed by atoms with Crippen LogP contribution in [0.3, 0.4) is 0 Å². The maximum atomic E-state index is 8.02. The first-order chi connectivity index (χ1) is 11.3. The maximum absolute atomic E-state index is 8.02. The zero-order valence-electron chi connectivity index (χ0n) is 14.9. The van der Waals surface area contributed by atoms with Gasteiger partial charge in [-0.25, -0.2) is 4.99 Å². The second-order valence-electron chi connectivity index (χ2n) is 7.14. The number of ether oxygens (including phenoxy) is 2. The lowest BCUT2D eigenvalue weighted by atomic mass is 9.88. The zero-order valence-corrected chi connectivity index (χ0v) is 14.9. The van der Waals surface area contributed by atoms with E-state index in [1.54, 1.807) is 10.9 Å². The lowest BCUT2D eigenvalue weighted by Crippen LogP contribution is -2.25. The van der Waals surface area contributed by atoms with E-state index >= 15 is 0 Å². The number of aliphatic imine (C=N–C) groups is 1. The van der Waals surface area contributed by atoms with Crippen LogP contribution in [-0.2, 0) is 16.0 Å². The molecule has 1 atom stereocenters. The first-order valence-electron chi connectivity index (χ1n) is 8.51. The molecule has 1 aliphatic heterocycles. The van der Waals surface area contributed by atoms with E-state index < -0.39 is 0 Å². The highest BCUT2D eigenvalue weighted by atomic mass is 16.7. The molecule has 1 saturated heterocycles. The van der Waals surface area contributed by atoms with Gasteiger partial charge in [0.2, 0.25) is 0 Å². The van der Waals surface area contributed by atoms with E-state index in [0.717, 1.165) is 25.9 Å². The summed E-state index contributed by atoms with van der Waals surface area (Å²) in [6, 6.07) is 0. The van der Waals surface area contributed by atoms with Gasteiger partial charge in [0.15, 0.2) is 6.29 Å². The van der Waals surface area contributed by atoms with E-state index in [1.165, 1.54) is 0 Å². The molecule has 0 radical (unpaired) electrons. The van der Waals surface area contributed by atoms with Gasteiger partial charge in [-0.2, -0.15) is 5.10 Å². The average Bonchev–Trinajstić information content (AvgIpc) is 2.94. The first kappa shape index (κ1) is 18.6. The fourth-order valence-corrected chi connectivity index (χ4v) is 2.30. The van der Waals surface area contributed by atoms with Crippen molar-refractivity contribution in [3.63, 3.8) is 0 Å². The van der Waals surface area contributed by atoms with Gasteiger partial charge in [-0.3, -0.25) is 4.68 Å². The molecule has 1 unspecified atom stereocenters. The monoisotopic (exact) mass is 335 g/mol. The summed E-state index contributed by atoms with van der Waals surface area (Å²) in [6.07, 6.45) is 7.04. The van der Waals surface area contributed by atoms with Crippen LogP contribution in [-0.4, -0.2) is 40.8 Å². The minimum Gasteiger partial charge on any atom is -0.387 e. The van der Waals surface area contributed by atoms with E-state index in [4.69, 9.17) is 20.6 Å². The molecule has 1 aromatic rings. The lowest BCUT2D eigenvalue weighted by Gasteiger charge is -2.22. The molecule has 0 aromatic carbocycles. The molecule has 24 heavy (non-hydrogen) atoms. The number of amidine groups is 1. The number of rotatable bonds is 7. The van der Waals surface area contributed by atoms with Gasteiger partial charge in [0, 0.05) is 18.7 Å². The van der Waals surface area contributed by atoms with Crippen molar-refractivity contribution >= 4 is 17.2 Å². The summed E-state index contributed by atoms with van der Waals surface area (Å²) in [7, 11) is 0. The normalized spacial score (nSPS) is 19.5. The number of nitrogens with zero attached hydrogens (tertiary/aromatic N) is 3. The van der Waals surface area contributed by atoms with Crippen LogP contribution in [0.4, 0.5) is 5.69 Å². The Balaban J connectivity index is 1.79. The highest BCUT2D eigenvalue weighted by molar-refractivity contribution is 6.04. The predicted octanol–water partition coefficient (Wildman–Crippen LogP) is 2.87. The largest absolute Gasteiger partial charge is 0.387 e. The standard InChI is InChI=1S/C17H29N5O2/c1-17(2,3)14(18)10-15(19)21-13-11-20-22(12-13)7-9-24-16-6-4-5-8-23-16/h11-12,16,18H,4-10H2,1-3H3,(H2,19,21). The van der Waals surface area contributed by atoms with Crippen molar-refractivity contribution in [3.05, 3.63) is 12.4 Å². The molecule has 0 spiro atoms. The molecule has 2 heterocycles. The molecule has 1 aliphatic rings. The number of hydrogen-bond donors (Lipinski definition) is 2. The van der Waals surface area contributed by atoms with Crippen LogP contribution in [0.5, 0.6) is 0 Å². The minimum absolute atomic E-state index is 0.0779. The van der Waals surface area contributed by atoms with Crippen molar-refractivity contribution in [1.82, 2.24) is 9.78 Å². The number of nitrogens with two attached hydrogens (primary N) is 1. The molecule has 1 fully saturated rings. The summed E-state index contributed by atoms with van der Waals surface area (Å²) in [5.74, 6) is 0.432. The Morgan fingerprint density at radius 1 is 1.50 bits per heavy atom. The third-order valence-electron chi connectivity index (χ3n) is 3.92. The topological polar surface area (TPSA) is 98.5 Å². The molecular formula is C17H29N5O2. The van der Waals surface area contributed by atoms with E-state index in [-0.39, 0.29) is 11.7 Å². The van der Waals surface area contributed by atoms with Gasteiger partial charge < -0.3 is 20.6 Å². The Kier molecular flexibility index (Phi) is 6.51. The van der Waals surface area contributed by atoms with Crippen LogP contribution in [0.15, 0.2) is 17.4 Å². The summed E-state index contributed by atoms with van der Waals surface area (Å²) in [6.45, 7) is 7.98. The highest BCUT2D eigenvalue weighted by Gasteiger charge is 2.18. The average molecular weight is 335 g/mol. The Labute approximate surface area is 143 Å². The van der Waals surface area contributed by atoms with Crippen molar-refractivity contribution in [2.75, 3.05) is 13.2 Å². The van der Waals surface area contributed by atoms with Gasteiger partial charge in [0.25, 0.3) is 0 Å². The van der Waals surface area contributed by atoms with Crippen LogP contribution < -0.4 is 5.73 Å². The summed E-state index contributed by atoms with van der Waals surface area (Å²) in [5, 5.41) is 12.3. The summed E-state index contributed by atoms with van der Waals surface area (Å²) < 4.78 is 13.0. The molecule has 7 nitrogen and oxygen atoms in total. The Morgan fingerprint density at radius 3 is 2.96 bits per heavy atom.